The zero-order chi connectivity index (χ0) is 13.6. The summed E-state index contributed by atoms with van der Waals surface area (Å²) >= 11 is 0. The Morgan fingerprint density at radius 1 is 1.33 bits per heavy atom. The topological polar surface area (TPSA) is 49.7 Å². The summed E-state index contributed by atoms with van der Waals surface area (Å²) in [7, 11) is 0. The summed E-state index contributed by atoms with van der Waals surface area (Å²) in [5.74, 6) is -3.41. The Bertz CT molecular complexity index is 368. The minimum atomic E-state index is -3.41. The van der Waals surface area contributed by atoms with Gasteiger partial charge in [-0.3, -0.25) is 0 Å². The van der Waals surface area contributed by atoms with E-state index in [9.17, 15) is 13.9 Å². The van der Waals surface area contributed by atoms with E-state index in [-0.39, 0.29) is 6.61 Å². The molecule has 1 aromatic rings. The van der Waals surface area contributed by atoms with Crippen molar-refractivity contribution < 1.29 is 23.7 Å². The highest BCUT2D eigenvalue weighted by Gasteiger charge is 2.42. The molecule has 0 radical (unpaired) electrons. The molecule has 0 aliphatic heterocycles. The molecule has 0 fully saturated rings. The first-order valence-electron chi connectivity index (χ1n) is 5.47. The number of aliphatic hydroxyl groups is 2. The third-order valence-corrected chi connectivity index (χ3v) is 2.46. The lowest BCUT2D eigenvalue weighted by molar-refractivity contribution is -0.166. The fraction of sp³-hybridized carbons (Fsp3) is 0.385. The van der Waals surface area contributed by atoms with Gasteiger partial charge in [-0.2, -0.15) is 8.78 Å². The maximum Gasteiger partial charge on any atom is 0.294 e. The Hall–Kier alpha value is -1.30. The van der Waals surface area contributed by atoms with Crippen LogP contribution in [0.15, 0.2) is 43.0 Å². The normalized spacial score (nSPS) is 15.1. The molecule has 0 amide bonds. The number of hydrogen-bond donors (Lipinski definition) is 2. The molecular formula is C13H16F2O3. The molecule has 0 aliphatic carbocycles. The van der Waals surface area contributed by atoms with Gasteiger partial charge in [-0.1, -0.05) is 36.9 Å². The van der Waals surface area contributed by atoms with Crippen molar-refractivity contribution in [1.82, 2.24) is 0 Å². The Morgan fingerprint density at radius 2 is 1.94 bits per heavy atom. The summed E-state index contributed by atoms with van der Waals surface area (Å²) in [5.41, 5.74) is 0.701. The first kappa shape index (κ1) is 14.8. The molecule has 0 saturated carbocycles. The Labute approximate surface area is 104 Å². The summed E-state index contributed by atoms with van der Waals surface area (Å²) in [4.78, 5) is 0. The monoisotopic (exact) mass is 258 g/mol. The van der Waals surface area contributed by atoms with Crippen LogP contribution in [0.1, 0.15) is 5.56 Å². The van der Waals surface area contributed by atoms with E-state index in [4.69, 9.17) is 9.84 Å². The third kappa shape index (κ3) is 3.87. The summed E-state index contributed by atoms with van der Waals surface area (Å²) < 4.78 is 31.9. The van der Waals surface area contributed by atoms with Gasteiger partial charge in [0.25, 0.3) is 5.92 Å². The molecule has 0 spiro atoms. The van der Waals surface area contributed by atoms with E-state index < -0.39 is 24.7 Å². The van der Waals surface area contributed by atoms with E-state index in [0.29, 0.717) is 11.6 Å². The molecule has 0 bridgehead atoms. The highest BCUT2D eigenvalue weighted by molar-refractivity contribution is 5.13. The maximum absolute atomic E-state index is 13.4. The van der Waals surface area contributed by atoms with Crippen LogP contribution >= 0.6 is 0 Å². The molecule has 1 rings (SSSR count). The lowest BCUT2D eigenvalue weighted by Gasteiger charge is -2.27. The smallest absolute Gasteiger partial charge is 0.294 e. The summed E-state index contributed by atoms with van der Waals surface area (Å²) in [6.45, 7) is 2.12. The standard InChI is InChI=1S/C13H16F2O3/c1-2-13(14,15)12(11(17)8-16)18-9-10-6-4-3-5-7-10/h2-7,11-12,16-17H,1,8-9H2/t11-,12-/m1/s1. The molecule has 3 nitrogen and oxygen atoms in total. The number of halogens is 2. The molecule has 0 aromatic heterocycles. The maximum atomic E-state index is 13.4. The van der Waals surface area contributed by atoms with Crippen LogP contribution in [0.4, 0.5) is 8.78 Å². The van der Waals surface area contributed by atoms with Crippen LogP contribution in [0.2, 0.25) is 0 Å². The van der Waals surface area contributed by atoms with E-state index in [1.165, 1.54) is 0 Å². The second-order valence-electron chi connectivity index (χ2n) is 3.85. The molecule has 1 aromatic carbocycles. The van der Waals surface area contributed by atoms with Crippen molar-refractivity contribution in [3.63, 3.8) is 0 Å². The van der Waals surface area contributed by atoms with Crippen molar-refractivity contribution in [2.45, 2.75) is 24.7 Å². The van der Waals surface area contributed by atoms with E-state index in [1.807, 2.05) is 0 Å². The molecule has 100 valence electrons. The number of benzene rings is 1. The van der Waals surface area contributed by atoms with Crippen LogP contribution in [-0.4, -0.2) is 35.0 Å². The largest absolute Gasteiger partial charge is 0.394 e. The van der Waals surface area contributed by atoms with Crippen molar-refractivity contribution in [2.75, 3.05) is 6.61 Å². The molecule has 5 heteroatoms. The number of alkyl halides is 2. The van der Waals surface area contributed by atoms with Gasteiger partial charge in [0.15, 0.2) is 6.10 Å². The predicted octanol–water partition coefficient (Wildman–Crippen LogP) is 1.75. The lowest BCUT2D eigenvalue weighted by atomic mass is 10.1. The summed E-state index contributed by atoms with van der Waals surface area (Å²) in [5, 5.41) is 18.1. The fourth-order valence-corrected chi connectivity index (χ4v) is 1.45. The number of aliphatic hydroxyl groups excluding tert-OH is 2. The second-order valence-corrected chi connectivity index (χ2v) is 3.85. The highest BCUT2D eigenvalue weighted by atomic mass is 19.3. The van der Waals surface area contributed by atoms with Crippen molar-refractivity contribution in [2.24, 2.45) is 0 Å². The third-order valence-electron chi connectivity index (χ3n) is 2.46. The Kier molecular flexibility index (Phi) is 5.40. The molecule has 2 atom stereocenters. The van der Waals surface area contributed by atoms with Crippen LogP contribution < -0.4 is 0 Å². The van der Waals surface area contributed by atoms with Crippen molar-refractivity contribution in [1.29, 1.82) is 0 Å². The van der Waals surface area contributed by atoms with Crippen LogP contribution in [0.3, 0.4) is 0 Å². The SMILES string of the molecule is C=CC(F)(F)[C@H](OCc1ccccc1)[C@H](O)CO. The van der Waals surface area contributed by atoms with Crippen LogP contribution in [0, 0.1) is 0 Å². The first-order chi connectivity index (χ1) is 8.51. The van der Waals surface area contributed by atoms with Gasteiger partial charge in [-0.05, 0) is 11.6 Å². The van der Waals surface area contributed by atoms with Crippen molar-refractivity contribution >= 4 is 0 Å². The average Bonchev–Trinajstić information content (AvgIpc) is 2.39. The van der Waals surface area contributed by atoms with E-state index >= 15 is 0 Å². The Balaban J connectivity index is 2.71. The van der Waals surface area contributed by atoms with Crippen molar-refractivity contribution in [3.05, 3.63) is 48.6 Å². The molecule has 0 heterocycles. The summed E-state index contributed by atoms with van der Waals surface area (Å²) in [6, 6.07) is 8.73. The van der Waals surface area contributed by atoms with Crippen LogP contribution in [0.25, 0.3) is 0 Å². The van der Waals surface area contributed by atoms with Gasteiger partial charge >= 0.3 is 0 Å². The van der Waals surface area contributed by atoms with Gasteiger partial charge in [-0.25, -0.2) is 0 Å². The molecule has 18 heavy (non-hydrogen) atoms. The summed E-state index contributed by atoms with van der Waals surface area (Å²) in [6.07, 6.45) is -3.08. The lowest BCUT2D eigenvalue weighted by Crippen LogP contribution is -2.45. The average molecular weight is 258 g/mol. The van der Waals surface area contributed by atoms with Gasteiger partial charge in [0.05, 0.1) is 13.2 Å². The van der Waals surface area contributed by atoms with Crippen LogP contribution in [0.5, 0.6) is 0 Å². The number of hydrogen-bond acceptors (Lipinski definition) is 3. The number of ether oxygens (including phenoxy) is 1. The van der Waals surface area contributed by atoms with E-state index in [2.05, 4.69) is 6.58 Å². The van der Waals surface area contributed by atoms with Gasteiger partial charge < -0.3 is 14.9 Å². The Morgan fingerprint density at radius 3 is 2.44 bits per heavy atom. The van der Waals surface area contributed by atoms with Crippen molar-refractivity contribution in [3.8, 4) is 0 Å². The second kappa shape index (κ2) is 6.58. The van der Waals surface area contributed by atoms with E-state index in [1.54, 1.807) is 30.3 Å². The molecular weight excluding hydrogens is 242 g/mol. The molecule has 2 N–H and O–H groups in total. The van der Waals surface area contributed by atoms with E-state index in [0.717, 1.165) is 0 Å². The first-order valence-corrected chi connectivity index (χ1v) is 5.47. The van der Waals surface area contributed by atoms with Gasteiger partial charge in [0.1, 0.15) is 6.10 Å². The number of rotatable bonds is 7. The van der Waals surface area contributed by atoms with Gasteiger partial charge in [0, 0.05) is 0 Å². The molecule has 0 aliphatic rings. The minimum Gasteiger partial charge on any atom is -0.394 e. The molecule has 0 saturated heterocycles. The zero-order valence-corrected chi connectivity index (χ0v) is 9.80. The fourth-order valence-electron chi connectivity index (χ4n) is 1.45. The quantitative estimate of drug-likeness (QED) is 0.732. The van der Waals surface area contributed by atoms with Crippen LogP contribution in [-0.2, 0) is 11.3 Å². The zero-order valence-electron chi connectivity index (χ0n) is 9.80. The molecule has 0 unspecified atom stereocenters. The van der Waals surface area contributed by atoms with Gasteiger partial charge in [0.2, 0.25) is 0 Å². The van der Waals surface area contributed by atoms with Gasteiger partial charge in [-0.15, -0.1) is 0 Å². The predicted molar refractivity (Wildman–Crippen MR) is 63.3 cm³/mol. The minimum absolute atomic E-state index is 0.0774. The highest BCUT2D eigenvalue weighted by Crippen LogP contribution is 2.26.